The Morgan fingerprint density at radius 3 is 2.10 bits per heavy atom. The summed E-state index contributed by atoms with van der Waals surface area (Å²) in [4.78, 5) is 12.7. The van der Waals surface area contributed by atoms with Crippen molar-refractivity contribution in [3.05, 3.63) is 59.9 Å². The van der Waals surface area contributed by atoms with Crippen LogP contribution in [0.2, 0.25) is 0 Å². The summed E-state index contributed by atoms with van der Waals surface area (Å²) >= 11 is 0. The third-order valence-corrected chi connectivity index (χ3v) is 7.04. The molecule has 3 N–H and O–H groups in total. The van der Waals surface area contributed by atoms with Crippen molar-refractivity contribution in [3.63, 3.8) is 0 Å². The van der Waals surface area contributed by atoms with Crippen LogP contribution in [0.1, 0.15) is 18.4 Å². The maximum atomic E-state index is 13.1. The highest BCUT2D eigenvalue weighted by atomic mass is 32.2. The molecule has 0 aliphatic carbocycles. The zero-order chi connectivity index (χ0) is 21.7. The number of amides is 1. The minimum atomic E-state index is -4.35. The van der Waals surface area contributed by atoms with Crippen molar-refractivity contribution in [3.8, 4) is 0 Å². The van der Waals surface area contributed by atoms with Crippen LogP contribution in [-0.4, -0.2) is 38.9 Å². The summed E-state index contributed by atoms with van der Waals surface area (Å²) in [5.74, 6) is -1.40. The molecule has 0 spiro atoms. The average molecular weight is 445 g/mol. The van der Waals surface area contributed by atoms with E-state index in [2.05, 4.69) is 0 Å². The molecule has 0 aliphatic heterocycles. The van der Waals surface area contributed by atoms with Crippen molar-refractivity contribution in [1.82, 2.24) is 14.7 Å². The predicted octanol–water partition coefficient (Wildman–Crippen LogP) is 1.30. The molecule has 0 atom stereocenters. The fraction of sp³-hybridized carbons (Fsp3) is 0.235. The Hall–Kier alpha value is -2.38. The normalized spacial score (nSPS) is 12.1. The Labute approximate surface area is 168 Å². The van der Waals surface area contributed by atoms with E-state index in [1.807, 2.05) is 4.83 Å². The van der Waals surface area contributed by atoms with Crippen molar-refractivity contribution in [2.75, 3.05) is 6.54 Å². The van der Waals surface area contributed by atoms with Gasteiger partial charge in [0.1, 0.15) is 5.82 Å². The van der Waals surface area contributed by atoms with E-state index >= 15 is 0 Å². The molecule has 12 heteroatoms. The number of rotatable bonds is 9. The first-order valence-corrected chi connectivity index (χ1v) is 11.3. The van der Waals surface area contributed by atoms with E-state index in [0.29, 0.717) is 4.41 Å². The van der Waals surface area contributed by atoms with Crippen LogP contribution in [-0.2, 0) is 24.8 Å². The molecular weight excluding hydrogens is 425 g/mol. The molecule has 2 aromatic carbocycles. The standard InChI is InChI=1S/C17H20FN3O6S2/c1-13-4-8-16(9-5-13)29(26,27)21(12-2-3-17(22)19-23)20-28(24,25)15-10-6-14(18)7-11-15/h4-11,20,23H,2-3,12H2,1H3,(H,19,22). The number of sulfonamides is 2. The second kappa shape index (κ2) is 9.41. The Morgan fingerprint density at radius 2 is 1.55 bits per heavy atom. The number of hydrogen-bond donors (Lipinski definition) is 3. The molecule has 0 fully saturated rings. The van der Waals surface area contributed by atoms with Gasteiger partial charge in [-0.2, -0.15) is 0 Å². The molecule has 158 valence electrons. The molecule has 0 bridgehead atoms. The molecule has 0 aliphatic rings. The lowest BCUT2D eigenvalue weighted by molar-refractivity contribution is -0.129. The highest BCUT2D eigenvalue weighted by Crippen LogP contribution is 2.18. The first-order chi connectivity index (χ1) is 13.6. The van der Waals surface area contributed by atoms with Gasteiger partial charge >= 0.3 is 0 Å². The van der Waals surface area contributed by atoms with Gasteiger partial charge in [-0.25, -0.2) is 26.7 Å². The molecule has 0 saturated carbocycles. The second-order valence-corrected chi connectivity index (χ2v) is 9.60. The Morgan fingerprint density at radius 1 is 1.00 bits per heavy atom. The number of nitrogens with one attached hydrogen (secondary N) is 2. The van der Waals surface area contributed by atoms with Crippen LogP contribution < -0.4 is 10.3 Å². The summed E-state index contributed by atoms with van der Waals surface area (Å²) in [6, 6.07) is 9.60. The maximum absolute atomic E-state index is 13.1. The summed E-state index contributed by atoms with van der Waals surface area (Å²) in [5, 5.41) is 8.55. The highest BCUT2D eigenvalue weighted by molar-refractivity contribution is 7.92. The van der Waals surface area contributed by atoms with E-state index in [1.165, 1.54) is 17.6 Å². The van der Waals surface area contributed by atoms with E-state index < -0.39 is 31.8 Å². The molecule has 0 unspecified atom stereocenters. The zero-order valence-corrected chi connectivity index (χ0v) is 17.0. The van der Waals surface area contributed by atoms with Gasteiger partial charge in [0.15, 0.2) is 0 Å². The van der Waals surface area contributed by atoms with Crippen molar-refractivity contribution in [2.45, 2.75) is 29.6 Å². The third kappa shape index (κ3) is 6.05. The molecule has 0 radical (unpaired) electrons. The number of halogens is 1. The minimum Gasteiger partial charge on any atom is -0.289 e. The van der Waals surface area contributed by atoms with Crippen LogP contribution in [0.5, 0.6) is 0 Å². The number of carbonyl (C=O) groups is 1. The smallest absolute Gasteiger partial charge is 0.256 e. The molecule has 2 rings (SSSR count). The fourth-order valence-electron chi connectivity index (χ4n) is 2.29. The van der Waals surface area contributed by atoms with Crippen molar-refractivity contribution < 1.29 is 31.2 Å². The number of aryl methyl sites for hydroxylation is 1. The van der Waals surface area contributed by atoms with Crippen LogP contribution >= 0.6 is 0 Å². The SMILES string of the molecule is Cc1ccc(S(=O)(=O)N(CCCC(=O)NO)NS(=O)(=O)c2ccc(F)cc2)cc1. The Balaban J connectivity index is 2.34. The van der Waals surface area contributed by atoms with E-state index in [9.17, 15) is 26.0 Å². The summed E-state index contributed by atoms with van der Waals surface area (Å²) in [7, 11) is -8.65. The van der Waals surface area contributed by atoms with Crippen LogP contribution in [0.15, 0.2) is 58.3 Å². The van der Waals surface area contributed by atoms with Crippen LogP contribution in [0, 0.1) is 12.7 Å². The summed E-state index contributed by atoms with van der Waals surface area (Å²) < 4.78 is 64.6. The zero-order valence-electron chi connectivity index (χ0n) is 15.4. The summed E-state index contributed by atoms with van der Waals surface area (Å²) in [6.45, 7) is 1.38. The number of carbonyl (C=O) groups excluding carboxylic acids is 1. The number of benzene rings is 2. The first-order valence-electron chi connectivity index (χ1n) is 8.36. The van der Waals surface area contributed by atoms with Gasteiger partial charge in [0.05, 0.1) is 9.79 Å². The molecule has 2 aromatic rings. The lowest BCUT2D eigenvalue weighted by Crippen LogP contribution is -2.46. The average Bonchev–Trinajstić information content (AvgIpc) is 2.67. The van der Waals surface area contributed by atoms with Gasteiger partial charge in [-0.1, -0.05) is 17.7 Å². The summed E-state index contributed by atoms with van der Waals surface area (Å²) in [6.07, 6.45) is -0.321. The Bertz CT molecular complexity index is 1060. The van der Waals surface area contributed by atoms with Crippen LogP contribution in [0.3, 0.4) is 0 Å². The minimum absolute atomic E-state index is 0.0799. The van der Waals surface area contributed by atoms with Gasteiger partial charge in [-0.15, -0.1) is 9.25 Å². The maximum Gasteiger partial charge on any atom is 0.256 e. The number of hydrazine groups is 1. The van der Waals surface area contributed by atoms with Gasteiger partial charge in [0.2, 0.25) is 5.91 Å². The molecule has 1 amide bonds. The fourth-order valence-corrected chi connectivity index (χ4v) is 5.04. The van der Waals surface area contributed by atoms with E-state index in [0.717, 1.165) is 29.8 Å². The number of nitrogens with zero attached hydrogens (tertiary/aromatic N) is 1. The van der Waals surface area contributed by atoms with Crippen LogP contribution in [0.25, 0.3) is 0 Å². The number of hydrogen-bond acceptors (Lipinski definition) is 6. The quantitative estimate of drug-likeness (QED) is 0.394. The molecular formula is C17H20FN3O6S2. The van der Waals surface area contributed by atoms with E-state index in [-0.39, 0.29) is 29.2 Å². The molecule has 9 nitrogen and oxygen atoms in total. The molecule has 0 aromatic heterocycles. The third-order valence-electron chi connectivity index (χ3n) is 3.84. The molecule has 0 heterocycles. The van der Waals surface area contributed by atoms with Gasteiger partial charge in [0.25, 0.3) is 20.0 Å². The van der Waals surface area contributed by atoms with E-state index in [4.69, 9.17) is 5.21 Å². The lowest BCUT2D eigenvalue weighted by Gasteiger charge is -2.23. The predicted molar refractivity (Wildman–Crippen MR) is 101 cm³/mol. The second-order valence-electron chi connectivity index (χ2n) is 6.08. The van der Waals surface area contributed by atoms with Gasteiger partial charge < -0.3 is 0 Å². The largest absolute Gasteiger partial charge is 0.289 e. The van der Waals surface area contributed by atoms with Crippen LogP contribution in [0.4, 0.5) is 4.39 Å². The Kier molecular flexibility index (Phi) is 7.43. The van der Waals surface area contributed by atoms with Gasteiger partial charge in [0, 0.05) is 13.0 Å². The monoisotopic (exact) mass is 445 g/mol. The molecule has 29 heavy (non-hydrogen) atoms. The summed E-state index contributed by atoms with van der Waals surface area (Å²) in [5.41, 5.74) is 2.22. The van der Waals surface area contributed by atoms with Gasteiger partial charge in [-0.05, 0) is 49.7 Å². The van der Waals surface area contributed by atoms with Gasteiger partial charge in [-0.3, -0.25) is 10.0 Å². The number of hydroxylamine groups is 1. The lowest BCUT2D eigenvalue weighted by atomic mass is 10.2. The van der Waals surface area contributed by atoms with E-state index in [1.54, 1.807) is 19.1 Å². The first kappa shape index (κ1) is 22.9. The topological polar surface area (TPSA) is 133 Å². The molecule has 0 saturated heterocycles. The van der Waals surface area contributed by atoms with Crippen molar-refractivity contribution in [1.29, 1.82) is 0 Å². The van der Waals surface area contributed by atoms with Crippen molar-refractivity contribution in [2.24, 2.45) is 0 Å². The highest BCUT2D eigenvalue weighted by Gasteiger charge is 2.29. The van der Waals surface area contributed by atoms with Crippen molar-refractivity contribution >= 4 is 26.0 Å².